The van der Waals surface area contributed by atoms with Crippen molar-refractivity contribution in [3.05, 3.63) is 29.8 Å². The third kappa shape index (κ3) is 3.22. The minimum atomic E-state index is 0.794. The van der Waals surface area contributed by atoms with E-state index < -0.39 is 0 Å². The highest BCUT2D eigenvalue weighted by Crippen LogP contribution is 2.35. The van der Waals surface area contributed by atoms with Crippen LogP contribution < -0.4 is 10.1 Å². The first-order valence-electron chi connectivity index (χ1n) is 6.61. The van der Waals surface area contributed by atoms with Crippen molar-refractivity contribution in [1.82, 2.24) is 5.32 Å². The van der Waals surface area contributed by atoms with Crippen molar-refractivity contribution in [2.75, 3.05) is 20.7 Å². The second kappa shape index (κ2) is 6.06. The molecule has 1 aliphatic carbocycles. The summed E-state index contributed by atoms with van der Waals surface area (Å²) in [4.78, 5) is 0. The molecule has 1 atom stereocenters. The van der Waals surface area contributed by atoms with Crippen molar-refractivity contribution >= 4 is 0 Å². The molecule has 1 aliphatic rings. The van der Waals surface area contributed by atoms with Gasteiger partial charge in [-0.2, -0.15) is 0 Å². The quantitative estimate of drug-likeness (QED) is 0.815. The predicted octanol–water partition coefficient (Wildman–Crippen LogP) is 2.87. The lowest BCUT2D eigenvalue weighted by atomic mass is 9.73. The lowest BCUT2D eigenvalue weighted by Crippen LogP contribution is -2.31. The fourth-order valence-electron chi connectivity index (χ4n) is 2.64. The smallest absolute Gasteiger partial charge is 0.118 e. The number of nitrogens with one attached hydrogen (secondary N) is 1. The van der Waals surface area contributed by atoms with Crippen molar-refractivity contribution in [1.29, 1.82) is 0 Å². The van der Waals surface area contributed by atoms with Crippen LogP contribution in [-0.4, -0.2) is 20.7 Å². The molecule has 0 aliphatic heterocycles. The second-order valence-electron chi connectivity index (χ2n) is 5.06. The molecule has 0 aromatic heterocycles. The monoisotopic (exact) mass is 233 g/mol. The Labute approximate surface area is 104 Å². The molecule has 1 fully saturated rings. The topological polar surface area (TPSA) is 21.3 Å². The van der Waals surface area contributed by atoms with Gasteiger partial charge in [0.1, 0.15) is 5.75 Å². The van der Waals surface area contributed by atoms with Crippen molar-refractivity contribution < 1.29 is 4.74 Å². The van der Waals surface area contributed by atoms with Gasteiger partial charge in [0.25, 0.3) is 0 Å². The standard InChI is InChI=1S/C15H23NO/c1-16-11-14(13-4-3-5-13)10-12-6-8-15(17-2)9-7-12/h6-9,13-14,16H,3-5,10-11H2,1-2H3. The summed E-state index contributed by atoms with van der Waals surface area (Å²) in [6, 6.07) is 8.51. The van der Waals surface area contributed by atoms with Gasteiger partial charge in [-0.05, 0) is 49.5 Å². The molecular weight excluding hydrogens is 210 g/mol. The highest BCUT2D eigenvalue weighted by Gasteiger charge is 2.26. The van der Waals surface area contributed by atoms with E-state index in [0.717, 1.165) is 24.1 Å². The van der Waals surface area contributed by atoms with Crippen LogP contribution in [0.25, 0.3) is 0 Å². The summed E-state index contributed by atoms with van der Waals surface area (Å²) in [6.45, 7) is 1.14. The largest absolute Gasteiger partial charge is 0.497 e. The summed E-state index contributed by atoms with van der Waals surface area (Å²) in [7, 11) is 3.77. The zero-order valence-electron chi connectivity index (χ0n) is 10.9. The van der Waals surface area contributed by atoms with Gasteiger partial charge in [0.15, 0.2) is 0 Å². The van der Waals surface area contributed by atoms with E-state index in [2.05, 4.69) is 36.6 Å². The maximum absolute atomic E-state index is 5.19. The Hall–Kier alpha value is -1.02. The van der Waals surface area contributed by atoms with Gasteiger partial charge < -0.3 is 10.1 Å². The summed E-state index contributed by atoms with van der Waals surface area (Å²) < 4.78 is 5.19. The van der Waals surface area contributed by atoms with Crippen LogP contribution in [0.3, 0.4) is 0 Å². The van der Waals surface area contributed by atoms with Crippen LogP contribution in [-0.2, 0) is 6.42 Å². The normalized spacial score (nSPS) is 17.5. The molecule has 2 nitrogen and oxygen atoms in total. The van der Waals surface area contributed by atoms with E-state index in [9.17, 15) is 0 Å². The van der Waals surface area contributed by atoms with E-state index in [1.165, 1.54) is 31.2 Å². The number of rotatable bonds is 6. The first kappa shape index (κ1) is 12.4. The average molecular weight is 233 g/mol. The van der Waals surface area contributed by atoms with E-state index in [4.69, 9.17) is 4.74 Å². The molecular formula is C15H23NO. The third-order valence-electron chi connectivity index (χ3n) is 3.94. The van der Waals surface area contributed by atoms with Crippen molar-refractivity contribution in [2.24, 2.45) is 11.8 Å². The molecule has 1 aromatic rings. The van der Waals surface area contributed by atoms with Crippen LogP contribution in [0.2, 0.25) is 0 Å². The van der Waals surface area contributed by atoms with Crippen LogP contribution in [0, 0.1) is 11.8 Å². The van der Waals surface area contributed by atoms with Gasteiger partial charge in [-0.15, -0.1) is 0 Å². The molecule has 94 valence electrons. The van der Waals surface area contributed by atoms with Crippen LogP contribution in [0.5, 0.6) is 5.75 Å². The Morgan fingerprint density at radius 2 is 2.00 bits per heavy atom. The van der Waals surface area contributed by atoms with Gasteiger partial charge in [0.2, 0.25) is 0 Å². The zero-order chi connectivity index (χ0) is 12.1. The molecule has 0 amide bonds. The van der Waals surface area contributed by atoms with E-state index in [-0.39, 0.29) is 0 Å². The number of ether oxygens (including phenoxy) is 1. The van der Waals surface area contributed by atoms with Gasteiger partial charge in [0.05, 0.1) is 7.11 Å². The second-order valence-corrected chi connectivity index (χ2v) is 5.06. The molecule has 1 N–H and O–H groups in total. The van der Waals surface area contributed by atoms with Crippen LogP contribution >= 0.6 is 0 Å². The van der Waals surface area contributed by atoms with E-state index in [0.29, 0.717) is 0 Å². The summed E-state index contributed by atoms with van der Waals surface area (Å²) in [5.74, 6) is 2.68. The number of hydrogen-bond acceptors (Lipinski definition) is 2. The van der Waals surface area contributed by atoms with Gasteiger partial charge in [0, 0.05) is 0 Å². The lowest BCUT2D eigenvalue weighted by Gasteiger charge is -2.34. The number of hydrogen-bond donors (Lipinski definition) is 1. The summed E-state index contributed by atoms with van der Waals surface area (Å²) in [5.41, 5.74) is 1.43. The minimum absolute atomic E-state index is 0.794. The van der Waals surface area contributed by atoms with Gasteiger partial charge in [-0.3, -0.25) is 0 Å². The highest BCUT2D eigenvalue weighted by atomic mass is 16.5. The van der Waals surface area contributed by atoms with Crippen LogP contribution in [0.15, 0.2) is 24.3 Å². The Morgan fingerprint density at radius 1 is 1.29 bits per heavy atom. The molecule has 2 rings (SSSR count). The molecule has 1 aromatic carbocycles. The molecule has 0 heterocycles. The summed E-state index contributed by atoms with van der Waals surface area (Å²) in [6.07, 6.45) is 5.45. The molecule has 17 heavy (non-hydrogen) atoms. The van der Waals surface area contributed by atoms with E-state index in [1.807, 2.05) is 0 Å². The first-order valence-corrected chi connectivity index (χ1v) is 6.61. The first-order chi connectivity index (χ1) is 8.33. The molecule has 1 unspecified atom stereocenters. The van der Waals surface area contributed by atoms with Crippen molar-refractivity contribution in [2.45, 2.75) is 25.7 Å². The maximum Gasteiger partial charge on any atom is 0.118 e. The Kier molecular flexibility index (Phi) is 4.43. The molecule has 1 saturated carbocycles. The van der Waals surface area contributed by atoms with E-state index >= 15 is 0 Å². The van der Waals surface area contributed by atoms with Crippen LogP contribution in [0.4, 0.5) is 0 Å². The fourth-order valence-corrected chi connectivity index (χ4v) is 2.64. The molecule has 2 heteroatoms. The zero-order valence-corrected chi connectivity index (χ0v) is 10.9. The molecule has 0 radical (unpaired) electrons. The molecule has 0 spiro atoms. The average Bonchev–Trinajstić information content (AvgIpc) is 2.28. The minimum Gasteiger partial charge on any atom is -0.497 e. The van der Waals surface area contributed by atoms with Crippen molar-refractivity contribution in [3.8, 4) is 5.75 Å². The van der Waals surface area contributed by atoms with Gasteiger partial charge in [-0.1, -0.05) is 31.4 Å². The lowest BCUT2D eigenvalue weighted by molar-refractivity contribution is 0.202. The van der Waals surface area contributed by atoms with Gasteiger partial charge in [-0.25, -0.2) is 0 Å². The summed E-state index contributed by atoms with van der Waals surface area (Å²) >= 11 is 0. The Morgan fingerprint density at radius 3 is 2.47 bits per heavy atom. The number of benzene rings is 1. The molecule has 0 saturated heterocycles. The Bertz CT molecular complexity index is 329. The highest BCUT2D eigenvalue weighted by molar-refractivity contribution is 5.27. The molecule has 0 bridgehead atoms. The third-order valence-corrected chi connectivity index (χ3v) is 3.94. The van der Waals surface area contributed by atoms with Gasteiger partial charge >= 0.3 is 0 Å². The van der Waals surface area contributed by atoms with E-state index in [1.54, 1.807) is 7.11 Å². The number of methoxy groups -OCH3 is 1. The SMILES string of the molecule is CNCC(Cc1ccc(OC)cc1)C1CCC1. The maximum atomic E-state index is 5.19. The fraction of sp³-hybridized carbons (Fsp3) is 0.600. The van der Waals surface area contributed by atoms with Crippen molar-refractivity contribution in [3.63, 3.8) is 0 Å². The Balaban J connectivity index is 1.95. The van der Waals surface area contributed by atoms with Crippen LogP contribution in [0.1, 0.15) is 24.8 Å². The summed E-state index contributed by atoms with van der Waals surface area (Å²) in [5, 5.41) is 3.34. The predicted molar refractivity (Wildman–Crippen MR) is 71.5 cm³/mol.